The van der Waals surface area contributed by atoms with E-state index in [4.69, 9.17) is 0 Å². The molecule has 10 heteroatoms. The monoisotopic (exact) mass is 552 g/mol. The Morgan fingerprint density at radius 2 is 1.71 bits per heavy atom. The van der Waals surface area contributed by atoms with E-state index >= 15 is 4.39 Å². The van der Waals surface area contributed by atoms with Gasteiger partial charge in [-0.2, -0.15) is 5.26 Å². The Bertz CT molecular complexity index is 1700. The number of piperazine rings is 1. The van der Waals surface area contributed by atoms with Crippen LogP contribution < -0.4 is 15.2 Å². The van der Waals surface area contributed by atoms with Crippen LogP contribution in [-0.4, -0.2) is 64.8 Å². The molecule has 0 atom stereocenters. The van der Waals surface area contributed by atoms with Gasteiger partial charge in [0.15, 0.2) is 0 Å². The van der Waals surface area contributed by atoms with Crippen LogP contribution in [0.25, 0.3) is 16.6 Å². The Morgan fingerprint density at radius 1 is 1.00 bits per heavy atom. The molecule has 9 nitrogen and oxygen atoms in total. The van der Waals surface area contributed by atoms with E-state index in [1.807, 2.05) is 47.4 Å². The number of pyridine rings is 2. The lowest BCUT2D eigenvalue weighted by Gasteiger charge is -2.37. The first-order valence-electron chi connectivity index (χ1n) is 13.7. The molecule has 0 aliphatic carbocycles. The molecule has 0 bridgehead atoms. The van der Waals surface area contributed by atoms with E-state index in [1.54, 1.807) is 6.20 Å². The van der Waals surface area contributed by atoms with Crippen molar-refractivity contribution in [2.24, 2.45) is 0 Å². The van der Waals surface area contributed by atoms with Gasteiger partial charge in [0.1, 0.15) is 28.8 Å². The highest BCUT2D eigenvalue weighted by Crippen LogP contribution is 2.33. The molecule has 0 radical (unpaired) electrons. The summed E-state index contributed by atoms with van der Waals surface area (Å²) in [7, 11) is 0. The van der Waals surface area contributed by atoms with Gasteiger partial charge in [0.2, 0.25) is 5.43 Å². The van der Waals surface area contributed by atoms with Crippen molar-refractivity contribution < 1.29 is 14.3 Å². The van der Waals surface area contributed by atoms with Crippen LogP contribution >= 0.6 is 0 Å². The van der Waals surface area contributed by atoms with Gasteiger partial charge < -0.3 is 19.5 Å². The third-order valence-corrected chi connectivity index (χ3v) is 7.95. The number of carboxylic acid groups (broad SMARTS) is 1. The van der Waals surface area contributed by atoms with Crippen molar-refractivity contribution in [1.29, 1.82) is 5.26 Å². The average molecular weight is 553 g/mol. The van der Waals surface area contributed by atoms with Crippen LogP contribution in [0.1, 0.15) is 34.3 Å². The van der Waals surface area contributed by atoms with Crippen molar-refractivity contribution in [2.75, 3.05) is 49.1 Å². The predicted molar refractivity (Wildman–Crippen MR) is 154 cm³/mol. The van der Waals surface area contributed by atoms with Crippen LogP contribution in [0, 0.1) is 17.1 Å². The van der Waals surface area contributed by atoms with Crippen molar-refractivity contribution in [2.45, 2.75) is 19.4 Å². The van der Waals surface area contributed by atoms with Crippen molar-refractivity contribution in [3.05, 3.63) is 93.7 Å². The fraction of sp³-hybridized carbons (Fsp3) is 0.290. The second-order valence-electron chi connectivity index (χ2n) is 10.4. The first kappa shape index (κ1) is 26.5. The minimum atomic E-state index is -1.41. The zero-order chi connectivity index (χ0) is 28.5. The number of likely N-dealkylation sites (tertiary alicyclic amines) is 1. The molecule has 1 N–H and O–H groups in total. The highest BCUT2D eigenvalue weighted by atomic mass is 19.1. The lowest BCUT2D eigenvalue weighted by Crippen LogP contribution is -2.47. The molecule has 0 amide bonds. The molecule has 6 rings (SSSR count). The van der Waals surface area contributed by atoms with Crippen LogP contribution in [0.4, 0.5) is 15.9 Å². The Kier molecular flexibility index (Phi) is 7.12. The molecule has 2 fully saturated rings. The number of hydrogen-bond donors (Lipinski definition) is 1. The molecule has 2 aromatic carbocycles. The van der Waals surface area contributed by atoms with Gasteiger partial charge in [-0.3, -0.25) is 9.69 Å². The summed E-state index contributed by atoms with van der Waals surface area (Å²) in [4.78, 5) is 35.9. The molecule has 2 saturated heterocycles. The standard InChI is InChI=1S/C31H29FN6O3/c32-26-17-23-28(24(18-33)29(26)37-15-13-36(14-16-37)27-5-1-2-10-34-27)38(20-25(30(23)39)31(40)41)22-8-6-21(7-9-22)19-35-11-3-4-12-35/h1-2,5-10,17,20H,3-4,11-16,19H2,(H,40,41). The van der Waals surface area contributed by atoms with E-state index in [0.29, 0.717) is 31.9 Å². The summed E-state index contributed by atoms with van der Waals surface area (Å²) < 4.78 is 17.3. The fourth-order valence-electron chi connectivity index (χ4n) is 5.88. The third-order valence-electron chi connectivity index (χ3n) is 7.95. The maximum atomic E-state index is 15.7. The second-order valence-corrected chi connectivity index (χ2v) is 10.4. The number of nitriles is 1. The average Bonchev–Trinajstić information content (AvgIpc) is 3.51. The summed E-state index contributed by atoms with van der Waals surface area (Å²) in [6.45, 7) is 4.96. The third kappa shape index (κ3) is 5.00. The first-order chi connectivity index (χ1) is 19.9. The quantitative estimate of drug-likeness (QED) is 0.383. The van der Waals surface area contributed by atoms with Gasteiger partial charge in [0.05, 0.1) is 16.6 Å². The Hall–Kier alpha value is -4.75. The number of carboxylic acids is 1. The maximum absolute atomic E-state index is 15.7. The van der Waals surface area contributed by atoms with Crippen LogP contribution in [0.3, 0.4) is 0 Å². The zero-order valence-electron chi connectivity index (χ0n) is 22.5. The van der Waals surface area contributed by atoms with Crippen LogP contribution in [0.15, 0.2) is 65.7 Å². The molecule has 2 aromatic heterocycles. The maximum Gasteiger partial charge on any atom is 0.341 e. The van der Waals surface area contributed by atoms with Crippen LogP contribution in [0.5, 0.6) is 0 Å². The van der Waals surface area contributed by atoms with Gasteiger partial charge in [-0.25, -0.2) is 14.2 Å². The summed E-state index contributed by atoms with van der Waals surface area (Å²) in [5, 5.41) is 20.0. The van der Waals surface area contributed by atoms with Gasteiger partial charge in [0, 0.05) is 50.8 Å². The van der Waals surface area contributed by atoms with Gasteiger partial charge in [-0.05, 0) is 61.8 Å². The largest absolute Gasteiger partial charge is 0.477 e. The van der Waals surface area contributed by atoms with Gasteiger partial charge in [-0.1, -0.05) is 18.2 Å². The predicted octanol–water partition coefficient (Wildman–Crippen LogP) is 4.02. The summed E-state index contributed by atoms with van der Waals surface area (Å²) in [6.07, 6.45) is 5.34. The number of carbonyl (C=O) groups is 1. The molecule has 4 heterocycles. The summed E-state index contributed by atoms with van der Waals surface area (Å²) in [5.41, 5.74) is 0.687. The summed E-state index contributed by atoms with van der Waals surface area (Å²) in [6, 6.07) is 16.5. The minimum Gasteiger partial charge on any atom is -0.477 e. The lowest BCUT2D eigenvalue weighted by atomic mass is 10.0. The summed E-state index contributed by atoms with van der Waals surface area (Å²) >= 11 is 0. The second kappa shape index (κ2) is 11.0. The molecule has 2 aliphatic heterocycles. The van der Waals surface area contributed by atoms with Crippen LogP contribution in [0.2, 0.25) is 0 Å². The van der Waals surface area contributed by atoms with Gasteiger partial charge in [0.25, 0.3) is 0 Å². The van der Waals surface area contributed by atoms with E-state index in [1.165, 1.54) is 23.6 Å². The zero-order valence-corrected chi connectivity index (χ0v) is 22.5. The van der Waals surface area contributed by atoms with E-state index in [-0.39, 0.29) is 22.2 Å². The van der Waals surface area contributed by atoms with E-state index < -0.39 is 22.8 Å². The molecule has 0 unspecified atom stereocenters. The lowest BCUT2D eigenvalue weighted by molar-refractivity contribution is 0.0695. The smallest absolute Gasteiger partial charge is 0.341 e. The molecular formula is C31H29FN6O3. The number of aromatic nitrogens is 2. The number of hydrogen-bond acceptors (Lipinski definition) is 7. The van der Waals surface area contributed by atoms with Crippen LogP contribution in [-0.2, 0) is 6.54 Å². The normalized spacial score (nSPS) is 15.8. The number of anilines is 2. The highest BCUT2D eigenvalue weighted by molar-refractivity contribution is 5.97. The number of rotatable bonds is 6. The van der Waals surface area contributed by atoms with Crippen molar-refractivity contribution in [3.63, 3.8) is 0 Å². The molecule has 208 valence electrons. The van der Waals surface area contributed by atoms with Crippen molar-refractivity contribution in [3.8, 4) is 11.8 Å². The Balaban J connectivity index is 1.44. The number of aromatic carboxylic acids is 1. The first-order valence-corrected chi connectivity index (χ1v) is 13.7. The van der Waals surface area contributed by atoms with Gasteiger partial charge in [-0.15, -0.1) is 0 Å². The SMILES string of the molecule is N#Cc1c(N2CCN(c3ccccn3)CC2)c(F)cc2c(=O)c(C(=O)O)cn(-c3ccc(CN4CCCC4)cc3)c12. The van der Waals surface area contributed by atoms with E-state index in [0.717, 1.165) is 37.1 Å². The fourth-order valence-corrected chi connectivity index (χ4v) is 5.88. The van der Waals surface area contributed by atoms with Gasteiger partial charge >= 0.3 is 5.97 Å². The molecule has 2 aliphatic rings. The topological polar surface area (TPSA) is 106 Å². The summed E-state index contributed by atoms with van der Waals surface area (Å²) in [5.74, 6) is -1.31. The Morgan fingerprint density at radius 3 is 2.34 bits per heavy atom. The van der Waals surface area contributed by atoms with Crippen molar-refractivity contribution >= 4 is 28.4 Å². The van der Waals surface area contributed by atoms with Crippen molar-refractivity contribution in [1.82, 2.24) is 14.5 Å². The molecule has 4 aromatic rings. The number of fused-ring (bicyclic) bond motifs is 1. The highest BCUT2D eigenvalue weighted by Gasteiger charge is 2.28. The molecule has 41 heavy (non-hydrogen) atoms. The molecular weight excluding hydrogens is 523 g/mol. The molecule has 0 saturated carbocycles. The van der Waals surface area contributed by atoms with E-state index in [9.17, 15) is 20.0 Å². The molecule has 0 spiro atoms. The number of halogens is 1. The van der Waals surface area contributed by atoms with E-state index in [2.05, 4.69) is 20.9 Å². The number of benzene rings is 2. The minimum absolute atomic E-state index is 0.00136. The Labute approximate surface area is 236 Å². The number of nitrogens with zero attached hydrogens (tertiary/aromatic N) is 6.